The smallest absolute Gasteiger partial charge is 0.0952 e. The maximum absolute atomic E-state index is 6.26. The van der Waals surface area contributed by atoms with E-state index in [4.69, 9.17) is 4.74 Å². The molecule has 1 saturated carbocycles. The highest BCUT2D eigenvalue weighted by molar-refractivity contribution is 9.10. The summed E-state index contributed by atoms with van der Waals surface area (Å²) in [7, 11) is 0. The van der Waals surface area contributed by atoms with E-state index in [0.717, 1.165) is 17.6 Å². The number of hydrogen-bond acceptors (Lipinski definition) is 2. The molecule has 0 amide bonds. The lowest BCUT2D eigenvalue weighted by molar-refractivity contribution is -0.00849. The van der Waals surface area contributed by atoms with Crippen LogP contribution in [0.2, 0.25) is 0 Å². The van der Waals surface area contributed by atoms with Crippen molar-refractivity contribution in [1.29, 1.82) is 0 Å². The van der Waals surface area contributed by atoms with E-state index >= 15 is 0 Å². The van der Waals surface area contributed by atoms with Crippen molar-refractivity contribution in [1.82, 2.24) is 5.32 Å². The number of hydrogen-bond donors (Lipinski definition) is 1. The molecule has 1 atom stereocenters. The fourth-order valence-corrected chi connectivity index (χ4v) is 2.72. The predicted octanol–water partition coefficient (Wildman–Crippen LogP) is 4.06. The standard InChI is InChI=1S/C15H22BrNO/c1-2-17-11-15(18-14-5-3-4-6-14)12-7-9-13(16)10-8-12/h7-10,14-15,17H,2-6,11H2,1H3. The van der Waals surface area contributed by atoms with Gasteiger partial charge in [0.05, 0.1) is 12.2 Å². The molecule has 1 unspecified atom stereocenters. The Morgan fingerprint density at radius 3 is 2.56 bits per heavy atom. The summed E-state index contributed by atoms with van der Waals surface area (Å²) in [5, 5.41) is 3.40. The molecule has 1 aliphatic carbocycles. The third kappa shape index (κ3) is 4.08. The van der Waals surface area contributed by atoms with Crippen molar-refractivity contribution in [3.05, 3.63) is 34.3 Å². The lowest BCUT2D eigenvalue weighted by atomic mass is 10.1. The van der Waals surface area contributed by atoms with Crippen LogP contribution in [0, 0.1) is 0 Å². The molecule has 0 heterocycles. The number of nitrogens with one attached hydrogen (secondary N) is 1. The molecule has 1 aromatic rings. The largest absolute Gasteiger partial charge is 0.369 e. The summed E-state index contributed by atoms with van der Waals surface area (Å²) in [6.45, 7) is 4.02. The average Bonchev–Trinajstić information content (AvgIpc) is 2.88. The van der Waals surface area contributed by atoms with Gasteiger partial charge in [-0.3, -0.25) is 0 Å². The Bertz CT molecular complexity index is 346. The molecule has 100 valence electrons. The van der Waals surface area contributed by atoms with E-state index in [-0.39, 0.29) is 6.10 Å². The van der Waals surface area contributed by atoms with Crippen LogP contribution in [0.15, 0.2) is 28.7 Å². The Hall–Kier alpha value is -0.380. The highest BCUT2D eigenvalue weighted by Crippen LogP contribution is 2.28. The van der Waals surface area contributed by atoms with E-state index in [1.807, 2.05) is 0 Å². The highest BCUT2D eigenvalue weighted by atomic mass is 79.9. The molecule has 18 heavy (non-hydrogen) atoms. The molecule has 0 aromatic heterocycles. The summed E-state index contributed by atoms with van der Waals surface area (Å²) in [6.07, 6.45) is 5.72. The molecule has 1 aliphatic rings. The van der Waals surface area contributed by atoms with Crippen LogP contribution < -0.4 is 5.32 Å². The number of likely N-dealkylation sites (N-methyl/N-ethyl adjacent to an activating group) is 1. The summed E-state index contributed by atoms with van der Waals surface area (Å²) in [6, 6.07) is 8.49. The normalized spacial score (nSPS) is 18.1. The molecule has 0 aliphatic heterocycles. The summed E-state index contributed by atoms with van der Waals surface area (Å²) >= 11 is 3.48. The van der Waals surface area contributed by atoms with Crippen LogP contribution in [0.4, 0.5) is 0 Å². The number of halogens is 1. The Labute approximate surface area is 118 Å². The van der Waals surface area contributed by atoms with E-state index in [0.29, 0.717) is 6.10 Å². The molecule has 1 fully saturated rings. The van der Waals surface area contributed by atoms with Gasteiger partial charge in [-0.2, -0.15) is 0 Å². The molecule has 3 heteroatoms. The molecule has 2 rings (SSSR count). The van der Waals surface area contributed by atoms with Crippen LogP contribution in [-0.4, -0.2) is 19.2 Å². The molecule has 2 nitrogen and oxygen atoms in total. The maximum atomic E-state index is 6.26. The molecule has 0 saturated heterocycles. The molecular formula is C15H22BrNO. The Morgan fingerprint density at radius 1 is 1.28 bits per heavy atom. The van der Waals surface area contributed by atoms with Gasteiger partial charge in [-0.1, -0.05) is 47.8 Å². The van der Waals surface area contributed by atoms with Gasteiger partial charge < -0.3 is 10.1 Å². The minimum atomic E-state index is 0.182. The second kappa shape index (κ2) is 7.27. The number of rotatable bonds is 6. The first-order chi connectivity index (χ1) is 8.79. The van der Waals surface area contributed by atoms with Crippen molar-refractivity contribution in [2.75, 3.05) is 13.1 Å². The van der Waals surface area contributed by atoms with E-state index in [1.165, 1.54) is 31.2 Å². The highest BCUT2D eigenvalue weighted by Gasteiger charge is 2.21. The summed E-state index contributed by atoms with van der Waals surface area (Å²) in [5.41, 5.74) is 1.27. The minimum absolute atomic E-state index is 0.182. The Morgan fingerprint density at radius 2 is 1.94 bits per heavy atom. The second-order valence-corrected chi connectivity index (χ2v) is 5.81. The zero-order valence-corrected chi connectivity index (χ0v) is 12.6. The lowest BCUT2D eigenvalue weighted by Crippen LogP contribution is -2.25. The molecule has 0 bridgehead atoms. The molecule has 0 spiro atoms. The van der Waals surface area contributed by atoms with E-state index in [2.05, 4.69) is 52.4 Å². The van der Waals surface area contributed by atoms with Gasteiger partial charge in [0.25, 0.3) is 0 Å². The first kappa shape index (κ1) is 14.0. The van der Waals surface area contributed by atoms with Gasteiger partial charge in [-0.15, -0.1) is 0 Å². The molecule has 0 radical (unpaired) electrons. The van der Waals surface area contributed by atoms with E-state index in [9.17, 15) is 0 Å². The van der Waals surface area contributed by atoms with E-state index < -0.39 is 0 Å². The average molecular weight is 312 g/mol. The van der Waals surface area contributed by atoms with Crippen LogP contribution in [0.1, 0.15) is 44.3 Å². The predicted molar refractivity (Wildman–Crippen MR) is 78.8 cm³/mol. The lowest BCUT2D eigenvalue weighted by Gasteiger charge is -2.23. The van der Waals surface area contributed by atoms with Crippen LogP contribution >= 0.6 is 15.9 Å². The van der Waals surface area contributed by atoms with Gasteiger partial charge >= 0.3 is 0 Å². The Balaban J connectivity index is 2.00. The summed E-state index contributed by atoms with van der Waals surface area (Å²) in [5.74, 6) is 0. The SMILES string of the molecule is CCNCC(OC1CCCC1)c1ccc(Br)cc1. The maximum Gasteiger partial charge on any atom is 0.0952 e. The molecule has 1 aromatic carbocycles. The van der Waals surface area contributed by atoms with Crippen LogP contribution in [0.25, 0.3) is 0 Å². The molecular weight excluding hydrogens is 290 g/mol. The van der Waals surface area contributed by atoms with Gasteiger partial charge in [0.2, 0.25) is 0 Å². The number of benzene rings is 1. The van der Waals surface area contributed by atoms with Crippen molar-refractivity contribution in [3.8, 4) is 0 Å². The monoisotopic (exact) mass is 311 g/mol. The quantitative estimate of drug-likeness (QED) is 0.855. The van der Waals surface area contributed by atoms with Gasteiger partial charge in [0.1, 0.15) is 0 Å². The van der Waals surface area contributed by atoms with Crippen molar-refractivity contribution in [3.63, 3.8) is 0 Å². The van der Waals surface area contributed by atoms with Crippen LogP contribution in [0.5, 0.6) is 0 Å². The van der Waals surface area contributed by atoms with Crippen molar-refractivity contribution in [2.45, 2.75) is 44.8 Å². The van der Waals surface area contributed by atoms with Gasteiger partial charge in [0.15, 0.2) is 0 Å². The first-order valence-corrected chi connectivity index (χ1v) is 7.70. The minimum Gasteiger partial charge on any atom is -0.369 e. The van der Waals surface area contributed by atoms with Crippen molar-refractivity contribution >= 4 is 15.9 Å². The van der Waals surface area contributed by atoms with Gasteiger partial charge in [-0.25, -0.2) is 0 Å². The number of ether oxygens (including phenoxy) is 1. The molecule has 1 N–H and O–H groups in total. The van der Waals surface area contributed by atoms with Gasteiger partial charge in [-0.05, 0) is 37.1 Å². The van der Waals surface area contributed by atoms with Crippen LogP contribution in [-0.2, 0) is 4.74 Å². The Kier molecular flexibility index (Phi) is 5.67. The fourth-order valence-electron chi connectivity index (χ4n) is 2.45. The van der Waals surface area contributed by atoms with Crippen molar-refractivity contribution < 1.29 is 4.74 Å². The van der Waals surface area contributed by atoms with Crippen molar-refractivity contribution in [2.24, 2.45) is 0 Å². The summed E-state index contributed by atoms with van der Waals surface area (Å²) in [4.78, 5) is 0. The van der Waals surface area contributed by atoms with Crippen LogP contribution in [0.3, 0.4) is 0 Å². The second-order valence-electron chi connectivity index (χ2n) is 4.89. The fraction of sp³-hybridized carbons (Fsp3) is 0.600. The third-order valence-electron chi connectivity index (χ3n) is 3.48. The first-order valence-electron chi connectivity index (χ1n) is 6.91. The zero-order valence-electron chi connectivity index (χ0n) is 11.0. The topological polar surface area (TPSA) is 21.3 Å². The zero-order chi connectivity index (χ0) is 12.8. The van der Waals surface area contributed by atoms with Gasteiger partial charge in [0, 0.05) is 11.0 Å². The van der Waals surface area contributed by atoms with E-state index in [1.54, 1.807) is 0 Å². The third-order valence-corrected chi connectivity index (χ3v) is 4.01. The summed E-state index contributed by atoms with van der Waals surface area (Å²) < 4.78 is 7.38.